The molecular weight excluding hydrogens is 516 g/mol. The van der Waals surface area contributed by atoms with E-state index in [9.17, 15) is 5.11 Å². The van der Waals surface area contributed by atoms with Gasteiger partial charge < -0.3 is 25.1 Å². The van der Waals surface area contributed by atoms with E-state index in [-0.39, 0.29) is 12.5 Å². The van der Waals surface area contributed by atoms with Gasteiger partial charge in [-0.25, -0.2) is 9.50 Å². The van der Waals surface area contributed by atoms with Crippen LogP contribution in [0.5, 0.6) is 0 Å². The number of nitrogen functional groups attached to an aromatic ring is 1. The van der Waals surface area contributed by atoms with Crippen molar-refractivity contribution in [3.05, 3.63) is 132 Å². The van der Waals surface area contributed by atoms with Gasteiger partial charge in [0, 0.05) is 11.6 Å². The summed E-state index contributed by atoms with van der Waals surface area (Å²) in [4.78, 5) is 4.12. The zero-order valence-corrected chi connectivity index (χ0v) is 23.1. The maximum atomic E-state index is 11.6. The zero-order chi connectivity index (χ0) is 28.4. The van der Waals surface area contributed by atoms with Gasteiger partial charge in [0.1, 0.15) is 24.1 Å². The molecule has 0 spiro atoms. The maximum Gasteiger partial charge on any atom is 0.151 e. The molecule has 5 rings (SSSR count). The molecule has 1 unspecified atom stereocenters. The fourth-order valence-electron chi connectivity index (χ4n) is 4.93. The number of rotatable bonds is 14. The Morgan fingerprint density at radius 2 is 1.27 bits per heavy atom. The van der Waals surface area contributed by atoms with Gasteiger partial charge in [0.15, 0.2) is 5.82 Å². The van der Waals surface area contributed by atoms with E-state index in [0.29, 0.717) is 31.2 Å². The molecular formula is C33H36N4O4. The molecule has 0 aliphatic carbocycles. The van der Waals surface area contributed by atoms with Gasteiger partial charge in [0.25, 0.3) is 0 Å². The molecule has 4 atom stereocenters. The molecule has 0 fully saturated rings. The number of ether oxygens (including phenoxy) is 3. The smallest absolute Gasteiger partial charge is 0.151 e. The Kier molecular flexibility index (Phi) is 9.72. The summed E-state index contributed by atoms with van der Waals surface area (Å²) in [6.07, 6.45) is -0.789. The Balaban J connectivity index is 1.43. The number of hydrogen-bond donors (Lipinski definition) is 2. The number of anilines is 1. The second-order valence-corrected chi connectivity index (χ2v) is 10.1. The molecule has 2 aromatic heterocycles. The summed E-state index contributed by atoms with van der Waals surface area (Å²) >= 11 is 0. The van der Waals surface area contributed by atoms with Crippen molar-refractivity contribution in [3.8, 4) is 0 Å². The highest BCUT2D eigenvalue weighted by atomic mass is 16.6. The van der Waals surface area contributed by atoms with Crippen molar-refractivity contribution in [3.63, 3.8) is 0 Å². The van der Waals surface area contributed by atoms with E-state index in [1.165, 1.54) is 6.33 Å². The van der Waals surface area contributed by atoms with Crippen LogP contribution >= 0.6 is 0 Å². The van der Waals surface area contributed by atoms with Crippen molar-refractivity contribution >= 4 is 11.3 Å². The molecule has 0 amide bonds. The first kappa shape index (κ1) is 28.4. The van der Waals surface area contributed by atoms with Crippen molar-refractivity contribution in [1.82, 2.24) is 14.6 Å². The average Bonchev–Trinajstić information content (AvgIpc) is 3.45. The molecule has 3 N–H and O–H groups in total. The minimum absolute atomic E-state index is 0.0797. The fourth-order valence-corrected chi connectivity index (χ4v) is 4.93. The van der Waals surface area contributed by atoms with Crippen LogP contribution in [0.4, 0.5) is 5.82 Å². The van der Waals surface area contributed by atoms with Crippen molar-refractivity contribution in [2.24, 2.45) is 0 Å². The van der Waals surface area contributed by atoms with Gasteiger partial charge in [-0.3, -0.25) is 0 Å². The van der Waals surface area contributed by atoms with Crippen LogP contribution in [-0.2, 0) is 34.0 Å². The van der Waals surface area contributed by atoms with E-state index in [1.54, 1.807) is 4.52 Å². The molecule has 2 heterocycles. The molecule has 0 radical (unpaired) electrons. The highest BCUT2D eigenvalue weighted by Gasteiger charge is 2.36. The minimum atomic E-state index is -0.962. The third-order valence-corrected chi connectivity index (χ3v) is 7.14. The predicted molar refractivity (Wildman–Crippen MR) is 158 cm³/mol. The van der Waals surface area contributed by atoms with Crippen molar-refractivity contribution in [2.45, 2.75) is 51.0 Å². The molecule has 8 heteroatoms. The Morgan fingerprint density at radius 1 is 0.732 bits per heavy atom. The number of aliphatic hydroxyl groups is 1. The monoisotopic (exact) mass is 552 g/mol. The number of hydrogen-bond acceptors (Lipinski definition) is 7. The number of nitrogens with two attached hydrogens (primary N) is 1. The number of aromatic nitrogens is 3. The molecule has 5 aromatic rings. The van der Waals surface area contributed by atoms with Crippen LogP contribution in [0.1, 0.15) is 35.2 Å². The van der Waals surface area contributed by atoms with Crippen LogP contribution in [0.15, 0.2) is 109 Å². The molecule has 0 saturated heterocycles. The lowest BCUT2D eigenvalue weighted by Crippen LogP contribution is -2.46. The maximum absolute atomic E-state index is 11.6. The van der Waals surface area contributed by atoms with Crippen LogP contribution < -0.4 is 5.73 Å². The van der Waals surface area contributed by atoms with E-state index in [2.05, 4.69) is 10.1 Å². The van der Waals surface area contributed by atoms with Gasteiger partial charge in [-0.1, -0.05) is 97.9 Å². The lowest BCUT2D eigenvalue weighted by molar-refractivity contribution is -0.153. The summed E-state index contributed by atoms with van der Waals surface area (Å²) in [5.41, 5.74) is 10.8. The van der Waals surface area contributed by atoms with E-state index in [1.807, 2.05) is 110 Å². The molecule has 0 saturated carbocycles. The number of fused-ring (bicyclic) bond motifs is 1. The lowest BCUT2D eigenvalue weighted by Gasteiger charge is -2.34. The van der Waals surface area contributed by atoms with Gasteiger partial charge >= 0.3 is 0 Å². The highest BCUT2D eigenvalue weighted by molar-refractivity contribution is 5.65. The first-order valence-electron chi connectivity index (χ1n) is 13.8. The third-order valence-electron chi connectivity index (χ3n) is 7.14. The van der Waals surface area contributed by atoms with Gasteiger partial charge in [0.2, 0.25) is 0 Å². The Morgan fingerprint density at radius 3 is 1.85 bits per heavy atom. The van der Waals surface area contributed by atoms with Crippen molar-refractivity contribution in [2.75, 3.05) is 12.3 Å². The van der Waals surface area contributed by atoms with Crippen LogP contribution in [0.3, 0.4) is 0 Å². The number of benzene rings is 3. The Labute approximate surface area is 240 Å². The van der Waals surface area contributed by atoms with Crippen molar-refractivity contribution in [1.29, 1.82) is 0 Å². The van der Waals surface area contributed by atoms with Gasteiger partial charge in [-0.2, -0.15) is 5.10 Å². The summed E-state index contributed by atoms with van der Waals surface area (Å²) in [6.45, 7) is 3.17. The highest BCUT2D eigenvalue weighted by Crippen LogP contribution is 2.30. The lowest BCUT2D eigenvalue weighted by atomic mass is 9.93. The zero-order valence-electron chi connectivity index (χ0n) is 23.1. The number of nitrogens with zero attached hydrogens (tertiary/aromatic N) is 3. The molecule has 0 aliphatic rings. The molecule has 3 aromatic carbocycles. The van der Waals surface area contributed by atoms with Crippen LogP contribution in [0.25, 0.3) is 5.52 Å². The minimum Gasteiger partial charge on any atom is -0.388 e. The molecule has 41 heavy (non-hydrogen) atoms. The van der Waals surface area contributed by atoms with Gasteiger partial charge in [0.05, 0.1) is 32.5 Å². The second-order valence-electron chi connectivity index (χ2n) is 10.1. The summed E-state index contributed by atoms with van der Waals surface area (Å²) < 4.78 is 20.8. The quantitative estimate of drug-likeness (QED) is 0.196. The summed E-state index contributed by atoms with van der Waals surface area (Å²) in [6, 6.07) is 33.6. The molecule has 0 aliphatic heterocycles. The normalized spacial score (nSPS) is 14.5. The molecule has 0 bridgehead atoms. The van der Waals surface area contributed by atoms with E-state index < -0.39 is 18.3 Å². The van der Waals surface area contributed by atoms with Gasteiger partial charge in [-0.05, 0) is 28.8 Å². The van der Waals surface area contributed by atoms with E-state index in [4.69, 9.17) is 19.9 Å². The van der Waals surface area contributed by atoms with Crippen LogP contribution in [0.2, 0.25) is 0 Å². The first-order chi connectivity index (χ1) is 20.1. The standard InChI is InChI=1S/C33H36N4O4/c1-24(28-17-18-29-33(34)35-23-36-37(28)29)31(40-20-26-13-7-3-8-14-26)32(41-21-27-15-9-4-10-16-27)30(38)22-39-19-25-11-5-2-6-12-25/h2-18,23-24,30-32,38H,19-22H2,1H3,(H2,34,35,36)/t24?,30-,31+,32-/m1/s1. The first-order valence-corrected chi connectivity index (χ1v) is 13.8. The van der Waals surface area contributed by atoms with E-state index >= 15 is 0 Å². The Hall–Kier alpha value is -4.08. The summed E-state index contributed by atoms with van der Waals surface area (Å²) in [5.74, 6) is 0.159. The summed E-state index contributed by atoms with van der Waals surface area (Å²) in [7, 11) is 0. The summed E-state index contributed by atoms with van der Waals surface area (Å²) in [5, 5.41) is 16.0. The van der Waals surface area contributed by atoms with Gasteiger partial charge in [-0.15, -0.1) is 0 Å². The number of aliphatic hydroxyl groups excluding tert-OH is 1. The topological polar surface area (TPSA) is 104 Å². The molecule has 8 nitrogen and oxygen atoms in total. The average molecular weight is 553 g/mol. The fraction of sp³-hybridized carbons (Fsp3) is 0.273. The van der Waals surface area contributed by atoms with Crippen molar-refractivity contribution < 1.29 is 19.3 Å². The third kappa shape index (κ3) is 7.36. The molecule has 212 valence electrons. The Bertz CT molecular complexity index is 1480. The van der Waals surface area contributed by atoms with E-state index in [0.717, 1.165) is 22.4 Å². The SMILES string of the molecule is CC(c1ccc2c(N)ncnn12)[C@H](OCc1ccccc1)[C@H](OCc1ccccc1)[C@H](O)COCc1ccccc1. The van der Waals surface area contributed by atoms with Crippen LogP contribution in [-0.4, -0.2) is 44.6 Å². The van der Waals surface area contributed by atoms with Crippen LogP contribution in [0, 0.1) is 0 Å². The largest absolute Gasteiger partial charge is 0.388 e. The second kappa shape index (κ2) is 14.0. The predicted octanol–water partition coefficient (Wildman–Crippen LogP) is 5.16.